The summed E-state index contributed by atoms with van der Waals surface area (Å²) < 4.78 is 5.25. The Hall–Kier alpha value is -1.59. The predicted octanol–water partition coefficient (Wildman–Crippen LogP) is 1.87. The van der Waals surface area contributed by atoms with E-state index in [1.807, 2.05) is 20.8 Å². The zero-order chi connectivity index (χ0) is 16.5. The van der Waals surface area contributed by atoms with Crippen molar-refractivity contribution in [3.8, 4) is 0 Å². The molecule has 2 amide bonds. The molecular formula is C16H26N2O4. The van der Waals surface area contributed by atoms with Gasteiger partial charge in [0.15, 0.2) is 0 Å². The highest BCUT2D eigenvalue weighted by atomic mass is 16.6. The van der Waals surface area contributed by atoms with Gasteiger partial charge < -0.3 is 15.0 Å². The maximum absolute atomic E-state index is 12.3. The number of hydrogen-bond donors (Lipinski definition) is 1. The lowest BCUT2D eigenvalue weighted by atomic mass is 9.66. The van der Waals surface area contributed by atoms with Crippen molar-refractivity contribution in [3.05, 3.63) is 0 Å². The summed E-state index contributed by atoms with van der Waals surface area (Å²) in [6.07, 6.45) is 2.69. The van der Waals surface area contributed by atoms with E-state index >= 15 is 0 Å². The minimum absolute atomic E-state index is 0.0171. The van der Waals surface area contributed by atoms with Gasteiger partial charge in [-0.3, -0.25) is 9.59 Å². The molecule has 1 N–H and O–H groups in total. The van der Waals surface area contributed by atoms with Crippen LogP contribution in [0.1, 0.15) is 53.4 Å². The molecule has 22 heavy (non-hydrogen) atoms. The van der Waals surface area contributed by atoms with E-state index in [1.165, 1.54) is 6.92 Å². The molecule has 0 unspecified atom stereocenters. The molecule has 1 saturated carbocycles. The van der Waals surface area contributed by atoms with E-state index in [-0.39, 0.29) is 29.7 Å². The van der Waals surface area contributed by atoms with Crippen LogP contribution in [0.25, 0.3) is 0 Å². The molecule has 124 valence electrons. The molecule has 1 aliphatic carbocycles. The molecule has 1 aliphatic heterocycles. The van der Waals surface area contributed by atoms with Gasteiger partial charge in [-0.25, -0.2) is 4.79 Å². The van der Waals surface area contributed by atoms with Crippen molar-refractivity contribution in [2.75, 3.05) is 13.1 Å². The maximum Gasteiger partial charge on any atom is 0.407 e. The summed E-state index contributed by atoms with van der Waals surface area (Å²) >= 11 is 0. The van der Waals surface area contributed by atoms with E-state index in [2.05, 4.69) is 5.32 Å². The summed E-state index contributed by atoms with van der Waals surface area (Å²) in [5, 5.41) is 2.88. The van der Waals surface area contributed by atoms with Crippen LogP contribution in [-0.4, -0.2) is 47.4 Å². The summed E-state index contributed by atoms with van der Waals surface area (Å²) in [6.45, 7) is 7.89. The number of nitrogens with zero attached hydrogens (tertiary/aromatic N) is 1. The Balaban J connectivity index is 1.78. The van der Waals surface area contributed by atoms with Crippen LogP contribution in [0.15, 0.2) is 0 Å². The zero-order valence-electron chi connectivity index (χ0n) is 13.9. The number of ether oxygens (including phenoxy) is 1. The molecule has 2 fully saturated rings. The summed E-state index contributed by atoms with van der Waals surface area (Å²) in [7, 11) is 0. The van der Waals surface area contributed by atoms with E-state index in [9.17, 15) is 14.4 Å². The number of hydrogen-bond acceptors (Lipinski definition) is 4. The van der Waals surface area contributed by atoms with E-state index in [0.717, 1.165) is 25.7 Å². The number of β-lactam (4-membered cyclic amide) rings is 1. The Morgan fingerprint density at radius 1 is 1.32 bits per heavy atom. The third kappa shape index (κ3) is 3.78. The molecule has 0 aromatic carbocycles. The Bertz CT molecular complexity index is 473. The number of likely N-dealkylation sites (tertiary alicyclic amines) is 1. The van der Waals surface area contributed by atoms with Gasteiger partial charge in [0.2, 0.25) is 5.91 Å². The quantitative estimate of drug-likeness (QED) is 0.807. The minimum Gasteiger partial charge on any atom is -0.444 e. The third-order valence-corrected chi connectivity index (χ3v) is 4.31. The van der Waals surface area contributed by atoms with E-state index in [0.29, 0.717) is 6.54 Å². The van der Waals surface area contributed by atoms with Crippen LogP contribution in [0.2, 0.25) is 0 Å². The Morgan fingerprint density at radius 2 is 1.91 bits per heavy atom. The first-order chi connectivity index (χ1) is 10.1. The monoisotopic (exact) mass is 310 g/mol. The van der Waals surface area contributed by atoms with Crippen LogP contribution in [0, 0.1) is 5.41 Å². The van der Waals surface area contributed by atoms with Gasteiger partial charge in [-0.15, -0.1) is 0 Å². The molecule has 2 aliphatic rings. The summed E-state index contributed by atoms with van der Waals surface area (Å²) in [4.78, 5) is 36.7. The van der Waals surface area contributed by atoms with Crippen LogP contribution >= 0.6 is 0 Å². The molecule has 0 aromatic heterocycles. The predicted molar refractivity (Wildman–Crippen MR) is 81.3 cm³/mol. The fourth-order valence-corrected chi connectivity index (χ4v) is 3.31. The van der Waals surface area contributed by atoms with Crippen molar-refractivity contribution < 1.29 is 19.1 Å². The van der Waals surface area contributed by atoms with Crippen molar-refractivity contribution >= 4 is 17.8 Å². The molecular weight excluding hydrogens is 284 g/mol. The number of alkyl carbamates (subject to hydrolysis) is 1. The second-order valence-corrected chi connectivity index (χ2v) is 7.56. The van der Waals surface area contributed by atoms with E-state index in [1.54, 1.807) is 4.90 Å². The maximum atomic E-state index is 12.3. The third-order valence-electron chi connectivity index (χ3n) is 4.31. The molecule has 1 saturated heterocycles. The first-order valence-corrected chi connectivity index (χ1v) is 7.90. The van der Waals surface area contributed by atoms with Gasteiger partial charge in [-0.1, -0.05) is 0 Å². The number of ketones is 1. The minimum atomic E-state index is -0.503. The highest BCUT2D eigenvalue weighted by Gasteiger charge is 2.53. The first-order valence-electron chi connectivity index (χ1n) is 7.90. The summed E-state index contributed by atoms with van der Waals surface area (Å²) in [6, 6.07) is 0.0649. The molecule has 6 nitrogen and oxygen atoms in total. The van der Waals surface area contributed by atoms with Crippen LogP contribution in [0.5, 0.6) is 0 Å². The van der Waals surface area contributed by atoms with Crippen LogP contribution in [-0.2, 0) is 14.3 Å². The second kappa shape index (κ2) is 5.89. The first kappa shape index (κ1) is 16.8. The molecule has 1 heterocycles. The van der Waals surface area contributed by atoms with Gasteiger partial charge >= 0.3 is 6.09 Å². The highest BCUT2D eigenvalue weighted by molar-refractivity contribution is 5.92. The number of carbonyl (C=O) groups is 3. The summed E-state index contributed by atoms with van der Waals surface area (Å²) in [5.74, 6) is 0.113. The lowest BCUT2D eigenvalue weighted by Gasteiger charge is -2.51. The van der Waals surface area contributed by atoms with Gasteiger partial charge in [0.25, 0.3) is 0 Å². The molecule has 1 spiro atoms. The highest BCUT2D eigenvalue weighted by Crippen LogP contribution is 2.44. The Morgan fingerprint density at radius 3 is 2.36 bits per heavy atom. The average Bonchev–Trinajstić information content (AvgIpc) is 2.37. The number of nitrogens with one attached hydrogen (secondary N) is 1. The van der Waals surface area contributed by atoms with Gasteiger partial charge in [0.05, 0.1) is 12.0 Å². The Labute approximate surface area is 131 Å². The average molecular weight is 310 g/mol. The molecule has 0 radical (unpaired) electrons. The van der Waals surface area contributed by atoms with Crippen molar-refractivity contribution in [1.82, 2.24) is 10.2 Å². The number of amides is 2. The smallest absolute Gasteiger partial charge is 0.407 e. The Kier molecular flexibility index (Phi) is 4.49. The lowest BCUT2D eigenvalue weighted by Crippen LogP contribution is -2.64. The fourth-order valence-electron chi connectivity index (χ4n) is 3.31. The standard InChI is InChI=1S/C16H26N2O4/c1-11(19)9-18-10-16(13(18)20)7-5-12(6-8-16)17-14(21)22-15(2,3)4/h12H,5-10H2,1-4H3,(H,17,21). The number of carbonyl (C=O) groups excluding carboxylic acids is 3. The van der Waals surface area contributed by atoms with Gasteiger partial charge in [0, 0.05) is 12.6 Å². The fraction of sp³-hybridized carbons (Fsp3) is 0.812. The van der Waals surface area contributed by atoms with E-state index in [4.69, 9.17) is 4.74 Å². The van der Waals surface area contributed by atoms with Crippen molar-refractivity contribution in [3.63, 3.8) is 0 Å². The largest absolute Gasteiger partial charge is 0.444 e. The molecule has 0 aromatic rings. The SMILES string of the molecule is CC(=O)CN1CC2(CCC(NC(=O)OC(C)(C)C)CC2)C1=O. The van der Waals surface area contributed by atoms with Crippen LogP contribution < -0.4 is 5.32 Å². The molecule has 0 bridgehead atoms. The van der Waals surface area contributed by atoms with Gasteiger partial charge in [0.1, 0.15) is 11.4 Å². The van der Waals surface area contributed by atoms with Gasteiger partial charge in [-0.05, 0) is 53.4 Å². The zero-order valence-corrected chi connectivity index (χ0v) is 13.9. The molecule has 0 atom stereocenters. The topological polar surface area (TPSA) is 75.7 Å². The van der Waals surface area contributed by atoms with Crippen molar-refractivity contribution in [2.45, 2.75) is 65.0 Å². The van der Waals surface area contributed by atoms with Crippen LogP contribution in [0.4, 0.5) is 4.79 Å². The lowest BCUT2D eigenvalue weighted by molar-refractivity contribution is -0.165. The molecule has 2 rings (SSSR count). The van der Waals surface area contributed by atoms with Gasteiger partial charge in [-0.2, -0.15) is 0 Å². The second-order valence-electron chi connectivity index (χ2n) is 7.56. The van der Waals surface area contributed by atoms with Crippen LogP contribution in [0.3, 0.4) is 0 Å². The number of rotatable bonds is 3. The number of Topliss-reactive ketones (excluding diaryl/α,β-unsaturated/α-hetero) is 1. The molecule has 6 heteroatoms. The normalized spacial score (nSPS) is 28.3. The van der Waals surface area contributed by atoms with E-state index < -0.39 is 11.7 Å². The van der Waals surface area contributed by atoms with Crippen molar-refractivity contribution in [2.24, 2.45) is 5.41 Å². The summed E-state index contributed by atoms with van der Waals surface area (Å²) in [5.41, 5.74) is -0.793. The van der Waals surface area contributed by atoms with Crippen molar-refractivity contribution in [1.29, 1.82) is 0 Å².